The smallest absolute Gasteiger partial charge is 0.341 e. The topological polar surface area (TPSA) is 124 Å². The number of carbonyl (C=O) groups excluding carboxylic acids is 3. The van der Waals surface area contributed by atoms with Gasteiger partial charge in [-0.25, -0.2) is 17.6 Å². The van der Waals surface area contributed by atoms with Gasteiger partial charge in [-0.05, 0) is 49.4 Å². The molecule has 0 saturated heterocycles. The second-order valence-corrected chi connectivity index (χ2v) is 12.2. The van der Waals surface area contributed by atoms with Gasteiger partial charge in [0.1, 0.15) is 22.3 Å². The first kappa shape index (κ1) is 25.2. The van der Waals surface area contributed by atoms with Crippen molar-refractivity contribution in [1.82, 2.24) is 4.57 Å². The van der Waals surface area contributed by atoms with E-state index in [0.717, 1.165) is 41.0 Å². The number of nitrogens with zero attached hydrogens (tertiary/aromatic N) is 2. The molecule has 1 aromatic carbocycles. The molecule has 2 amide bonds. The van der Waals surface area contributed by atoms with Crippen LogP contribution in [0.3, 0.4) is 0 Å². The molecular formula is C22H22FN3O6S3. The summed E-state index contributed by atoms with van der Waals surface area (Å²) in [5, 5.41) is 2.77. The summed E-state index contributed by atoms with van der Waals surface area (Å²) in [5.74, 6) is -4.73. The number of benzene rings is 1. The van der Waals surface area contributed by atoms with Crippen molar-refractivity contribution < 1.29 is 31.9 Å². The number of ether oxygens (including phenoxy) is 1. The van der Waals surface area contributed by atoms with Gasteiger partial charge in [0.25, 0.3) is 5.91 Å². The number of halogens is 1. The predicted octanol–water partition coefficient (Wildman–Crippen LogP) is 2.59. The van der Waals surface area contributed by atoms with Crippen LogP contribution in [0.1, 0.15) is 33.6 Å². The normalized spacial score (nSPS) is 14.1. The number of aromatic nitrogens is 1. The van der Waals surface area contributed by atoms with Crippen LogP contribution >= 0.6 is 22.7 Å². The molecule has 0 saturated carbocycles. The molecule has 0 unspecified atom stereocenters. The minimum Gasteiger partial charge on any atom is -0.465 e. The fourth-order valence-electron chi connectivity index (χ4n) is 3.93. The third-order valence-electron chi connectivity index (χ3n) is 5.50. The molecule has 0 spiro atoms. The zero-order chi connectivity index (χ0) is 25.3. The first-order valence-corrected chi connectivity index (χ1v) is 14.1. The van der Waals surface area contributed by atoms with E-state index >= 15 is 0 Å². The molecule has 35 heavy (non-hydrogen) atoms. The number of sulfone groups is 1. The lowest BCUT2D eigenvalue weighted by Crippen LogP contribution is -2.28. The Balaban J connectivity index is 1.48. The summed E-state index contributed by atoms with van der Waals surface area (Å²) in [7, 11) is -1.27. The number of methoxy groups -OCH3 is 1. The van der Waals surface area contributed by atoms with Crippen LogP contribution in [-0.2, 0) is 44.1 Å². The Morgan fingerprint density at radius 3 is 2.66 bits per heavy atom. The zero-order valence-corrected chi connectivity index (χ0v) is 21.4. The Kier molecular flexibility index (Phi) is 7.20. The zero-order valence-electron chi connectivity index (χ0n) is 18.9. The third-order valence-corrected chi connectivity index (χ3v) is 9.19. The fraction of sp³-hybridized carbons (Fsp3) is 0.364. The molecule has 0 bridgehead atoms. The van der Waals surface area contributed by atoms with E-state index in [1.54, 1.807) is 11.6 Å². The predicted molar refractivity (Wildman–Crippen MR) is 131 cm³/mol. The maximum Gasteiger partial charge on any atom is 0.341 e. The number of hydrogen-bond acceptors (Lipinski definition) is 8. The summed E-state index contributed by atoms with van der Waals surface area (Å²) >= 11 is 2.29. The van der Waals surface area contributed by atoms with Gasteiger partial charge in [0.15, 0.2) is 14.6 Å². The largest absolute Gasteiger partial charge is 0.465 e. The van der Waals surface area contributed by atoms with Gasteiger partial charge >= 0.3 is 5.97 Å². The van der Waals surface area contributed by atoms with E-state index in [4.69, 9.17) is 4.74 Å². The van der Waals surface area contributed by atoms with Gasteiger partial charge in [-0.15, -0.1) is 11.3 Å². The van der Waals surface area contributed by atoms with Gasteiger partial charge in [0.05, 0.1) is 22.9 Å². The molecular weight excluding hydrogens is 517 g/mol. The number of rotatable bonds is 6. The second kappa shape index (κ2) is 9.99. The third kappa shape index (κ3) is 5.52. The van der Waals surface area contributed by atoms with E-state index < -0.39 is 44.9 Å². The molecule has 2 aromatic heterocycles. The second-order valence-electron chi connectivity index (χ2n) is 8.05. The highest BCUT2D eigenvalue weighted by atomic mass is 32.2. The molecule has 9 nitrogen and oxygen atoms in total. The Morgan fingerprint density at radius 1 is 1.17 bits per heavy atom. The van der Waals surface area contributed by atoms with Crippen molar-refractivity contribution in [1.29, 1.82) is 0 Å². The molecule has 0 atom stereocenters. The van der Waals surface area contributed by atoms with Gasteiger partial charge in [0.2, 0.25) is 5.91 Å². The summed E-state index contributed by atoms with van der Waals surface area (Å²) < 4.78 is 45.5. The maximum atomic E-state index is 13.5. The molecule has 1 aliphatic rings. The molecule has 0 fully saturated rings. The van der Waals surface area contributed by atoms with E-state index in [-0.39, 0.29) is 15.4 Å². The number of esters is 1. The highest BCUT2D eigenvalue weighted by molar-refractivity contribution is 7.92. The lowest BCUT2D eigenvalue weighted by Gasteiger charge is -2.11. The highest BCUT2D eigenvalue weighted by Gasteiger charge is 2.28. The number of amides is 2. The number of anilines is 1. The molecule has 186 valence electrons. The average Bonchev–Trinajstić information content (AvgIpc) is 3.28. The summed E-state index contributed by atoms with van der Waals surface area (Å²) in [4.78, 5) is 42.2. The van der Waals surface area contributed by atoms with Gasteiger partial charge in [-0.3, -0.25) is 9.59 Å². The van der Waals surface area contributed by atoms with Crippen molar-refractivity contribution in [2.45, 2.75) is 25.7 Å². The number of nitrogens with one attached hydrogen (secondary N) is 1. The Morgan fingerprint density at radius 2 is 1.91 bits per heavy atom. The molecule has 0 aliphatic heterocycles. The van der Waals surface area contributed by atoms with E-state index in [9.17, 15) is 27.2 Å². The van der Waals surface area contributed by atoms with E-state index in [0.29, 0.717) is 16.6 Å². The highest BCUT2D eigenvalue weighted by Crippen LogP contribution is 2.38. The lowest BCUT2D eigenvalue weighted by molar-refractivity contribution is -0.115. The molecule has 4 rings (SSSR count). The number of hydrogen-bond donors (Lipinski definition) is 1. The first-order valence-electron chi connectivity index (χ1n) is 10.6. The van der Waals surface area contributed by atoms with Crippen LogP contribution in [0.2, 0.25) is 0 Å². The van der Waals surface area contributed by atoms with Crippen LogP contribution < -0.4 is 10.1 Å². The van der Waals surface area contributed by atoms with Crippen LogP contribution in [0.15, 0.2) is 23.2 Å². The minimum atomic E-state index is -4.14. The van der Waals surface area contributed by atoms with Gasteiger partial charge in [0, 0.05) is 11.9 Å². The van der Waals surface area contributed by atoms with Crippen molar-refractivity contribution in [3.63, 3.8) is 0 Å². The molecule has 3 aromatic rings. The first-order chi connectivity index (χ1) is 16.6. The van der Waals surface area contributed by atoms with Crippen LogP contribution in [0.4, 0.5) is 9.39 Å². The average molecular weight is 540 g/mol. The van der Waals surface area contributed by atoms with Crippen molar-refractivity contribution in [2.24, 2.45) is 12.0 Å². The molecule has 2 heterocycles. The standard InChI is InChI=1S/C22H22FN3O6S3/c1-26-14-8-7-12(23)9-16(14)34-22(26)25-18(28)11-35(30,31)10-17(27)24-20-19(21(29)32-2)13-5-3-4-6-15(13)33-20/h7-9H,3-6,10-11H2,1-2H3,(H,24,27). The molecule has 1 N–H and O–H groups in total. The Hall–Kier alpha value is -2.90. The quantitative estimate of drug-likeness (QED) is 0.480. The Bertz CT molecular complexity index is 1520. The van der Waals surface area contributed by atoms with Gasteiger partial charge in [-0.1, -0.05) is 11.3 Å². The maximum absolute atomic E-state index is 13.5. The summed E-state index contributed by atoms with van der Waals surface area (Å²) in [6.45, 7) is 0. The van der Waals surface area contributed by atoms with Gasteiger partial charge < -0.3 is 14.6 Å². The minimum absolute atomic E-state index is 0.210. The van der Waals surface area contributed by atoms with Crippen LogP contribution in [0, 0.1) is 5.82 Å². The Labute approximate surface area is 208 Å². The van der Waals surface area contributed by atoms with Gasteiger partial charge in [-0.2, -0.15) is 4.99 Å². The molecule has 13 heteroatoms. The number of carbonyl (C=O) groups is 3. The fourth-order valence-corrected chi connectivity index (χ4v) is 7.30. The van der Waals surface area contributed by atoms with E-state index in [1.165, 1.54) is 36.6 Å². The van der Waals surface area contributed by atoms with Crippen LogP contribution in [0.25, 0.3) is 10.2 Å². The number of thiophene rings is 1. The molecule has 0 radical (unpaired) electrons. The SMILES string of the molecule is COC(=O)c1c(NC(=O)CS(=O)(=O)CC(=O)N=c2sc3cc(F)ccc3n2C)sc2c1CCCC2. The van der Waals surface area contributed by atoms with Crippen molar-refractivity contribution in [3.8, 4) is 0 Å². The van der Waals surface area contributed by atoms with Crippen molar-refractivity contribution in [2.75, 3.05) is 23.9 Å². The molecule has 1 aliphatic carbocycles. The van der Waals surface area contributed by atoms with Crippen LogP contribution in [0.5, 0.6) is 0 Å². The summed E-state index contributed by atoms with van der Waals surface area (Å²) in [5.41, 5.74) is 1.74. The monoisotopic (exact) mass is 539 g/mol. The number of thiazole rings is 1. The van der Waals surface area contributed by atoms with Crippen LogP contribution in [-0.4, -0.2) is 49.4 Å². The summed E-state index contributed by atoms with van der Waals surface area (Å²) in [6.07, 6.45) is 3.33. The van der Waals surface area contributed by atoms with Crippen molar-refractivity contribution >= 4 is 65.5 Å². The number of aryl methyl sites for hydroxylation is 2. The van der Waals surface area contributed by atoms with Crippen molar-refractivity contribution in [3.05, 3.63) is 44.8 Å². The van der Waals surface area contributed by atoms with E-state index in [1.807, 2.05) is 0 Å². The van der Waals surface area contributed by atoms with E-state index in [2.05, 4.69) is 10.3 Å². The summed E-state index contributed by atoms with van der Waals surface area (Å²) in [6, 6.07) is 4.12. The lowest BCUT2D eigenvalue weighted by atomic mass is 9.95. The number of fused-ring (bicyclic) bond motifs is 2.